The van der Waals surface area contributed by atoms with Crippen LogP contribution in [0.4, 0.5) is 8.78 Å². The standard InChI is InChI=1S/C15H20F2N2OS/c1-18(2)9-12-10-21-7-3-6-19(12)15(20)11-4-5-13(16)14(17)8-11/h4-5,8,12H,3,6-7,9-10H2,1-2H3. The highest BCUT2D eigenvalue weighted by Crippen LogP contribution is 2.20. The van der Waals surface area contributed by atoms with Crippen LogP contribution in [-0.4, -0.2) is 60.4 Å². The molecule has 1 amide bonds. The van der Waals surface area contributed by atoms with Crippen molar-refractivity contribution in [1.82, 2.24) is 9.80 Å². The number of carbonyl (C=O) groups is 1. The Morgan fingerprint density at radius 1 is 1.38 bits per heavy atom. The van der Waals surface area contributed by atoms with Crippen LogP contribution in [0.2, 0.25) is 0 Å². The summed E-state index contributed by atoms with van der Waals surface area (Å²) in [6, 6.07) is 3.44. The maximum atomic E-state index is 13.3. The molecule has 1 unspecified atom stereocenters. The van der Waals surface area contributed by atoms with Gasteiger partial charge in [-0.3, -0.25) is 4.79 Å². The van der Waals surface area contributed by atoms with Crippen molar-refractivity contribution in [3.05, 3.63) is 35.4 Å². The molecule has 0 bridgehead atoms. The van der Waals surface area contributed by atoms with E-state index >= 15 is 0 Å². The van der Waals surface area contributed by atoms with Gasteiger partial charge in [0.1, 0.15) is 0 Å². The van der Waals surface area contributed by atoms with Crippen molar-refractivity contribution < 1.29 is 13.6 Å². The first kappa shape index (κ1) is 16.2. The maximum absolute atomic E-state index is 13.3. The summed E-state index contributed by atoms with van der Waals surface area (Å²) in [7, 11) is 3.94. The SMILES string of the molecule is CN(C)CC1CSCCCN1C(=O)c1ccc(F)c(F)c1. The number of benzene rings is 1. The molecule has 21 heavy (non-hydrogen) atoms. The fourth-order valence-corrected chi connectivity index (χ4v) is 3.52. The zero-order valence-electron chi connectivity index (χ0n) is 12.3. The maximum Gasteiger partial charge on any atom is 0.254 e. The minimum absolute atomic E-state index is 0.0908. The lowest BCUT2D eigenvalue weighted by molar-refractivity contribution is 0.0675. The van der Waals surface area contributed by atoms with E-state index in [1.165, 1.54) is 6.07 Å². The summed E-state index contributed by atoms with van der Waals surface area (Å²) in [5.41, 5.74) is 0.213. The van der Waals surface area contributed by atoms with E-state index in [2.05, 4.69) is 0 Å². The zero-order valence-corrected chi connectivity index (χ0v) is 13.1. The average Bonchev–Trinajstić information content (AvgIpc) is 2.66. The van der Waals surface area contributed by atoms with E-state index in [0.717, 1.165) is 36.6 Å². The summed E-state index contributed by atoms with van der Waals surface area (Å²) in [6.45, 7) is 1.42. The van der Waals surface area contributed by atoms with Crippen LogP contribution in [0.5, 0.6) is 0 Å². The summed E-state index contributed by atoms with van der Waals surface area (Å²) in [6.07, 6.45) is 0.921. The van der Waals surface area contributed by atoms with Gasteiger partial charge in [0.15, 0.2) is 11.6 Å². The van der Waals surface area contributed by atoms with Crippen LogP contribution in [0.25, 0.3) is 0 Å². The number of hydrogen-bond acceptors (Lipinski definition) is 3. The smallest absolute Gasteiger partial charge is 0.254 e. The van der Waals surface area contributed by atoms with E-state index in [1.54, 1.807) is 4.90 Å². The minimum atomic E-state index is -0.978. The van der Waals surface area contributed by atoms with Gasteiger partial charge >= 0.3 is 0 Å². The zero-order chi connectivity index (χ0) is 15.4. The normalized spacial score (nSPS) is 19.7. The van der Waals surface area contributed by atoms with Gasteiger partial charge in [0, 0.05) is 24.4 Å². The quantitative estimate of drug-likeness (QED) is 0.856. The molecule has 116 valence electrons. The van der Waals surface area contributed by atoms with Gasteiger partial charge in [-0.1, -0.05) is 0 Å². The molecule has 0 saturated carbocycles. The van der Waals surface area contributed by atoms with Crippen molar-refractivity contribution in [3.63, 3.8) is 0 Å². The number of amides is 1. The van der Waals surface area contributed by atoms with E-state index in [0.29, 0.717) is 6.54 Å². The Kier molecular flexibility index (Phi) is 5.58. The second kappa shape index (κ2) is 7.22. The lowest BCUT2D eigenvalue weighted by Crippen LogP contribution is -2.46. The van der Waals surface area contributed by atoms with Crippen molar-refractivity contribution in [1.29, 1.82) is 0 Å². The van der Waals surface area contributed by atoms with Gasteiger partial charge in [0.2, 0.25) is 0 Å². The van der Waals surface area contributed by atoms with Crippen molar-refractivity contribution in [2.45, 2.75) is 12.5 Å². The van der Waals surface area contributed by atoms with Gasteiger partial charge in [-0.15, -0.1) is 0 Å². The third kappa shape index (κ3) is 4.17. The highest BCUT2D eigenvalue weighted by Gasteiger charge is 2.27. The highest BCUT2D eigenvalue weighted by molar-refractivity contribution is 7.99. The number of rotatable bonds is 3. The predicted molar refractivity (Wildman–Crippen MR) is 81.7 cm³/mol. The average molecular weight is 314 g/mol. The van der Waals surface area contributed by atoms with Crippen LogP contribution >= 0.6 is 11.8 Å². The molecular weight excluding hydrogens is 294 g/mol. The summed E-state index contributed by atoms with van der Waals surface area (Å²) >= 11 is 1.83. The number of thioether (sulfide) groups is 1. The van der Waals surface area contributed by atoms with E-state index in [1.807, 2.05) is 30.8 Å². The number of carbonyl (C=O) groups excluding carboxylic acids is 1. The summed E-state index contributed by atoms with van der Waals surface area (Å²) in [5, 5.41) is 0. The topological polar surface area (TPSA) is 23.6 Å². The van der Waals surface area contributed by atoms with Crippen molar-refractivity contribution in [2.24, 2.45) is 0 Å². The molecule has 2 rings (SSSR count). The number of likely N-dealkylation sites (N-methyl/N-ethyl adjacent to an activating group) is 1. The monoisotopic (exact) mass is 314 g/mol. The van der Waals surface area contributed by atoms with Crippen LogP contribution in [-0.2, 0) is 0 Å². The highest BCUT2D eigenvalue weighted by atomic mass is 32.2. The van der Waals surface area contributed by atoms with Gasteiger partial charge < -0.3 is 9.80 Å². The Labute approximate surface area is 128 Å². The molecule has 0 aromatic heterocycles. The van der Waals surface area contributed by atoms with Gasteiger partial charge in [-0.25, -0.2) is 8.78 Å². The minimum Gasteiger partial charge on any atom is -0.334 e. The molecule has 1 saturated heterocycles. The Morgan fingerprint density at radius 2 is 2.14 bits per heavy atom. The van der Waals surface area contributed by atoms with Crippen molar-refractivity contribution in [2.75, 3.05) is 38.7 Å². The van der Waals surface area contributed by atoms with Crippen LogP contribution in [0.15, 0.2) is 18.2 Å². The Balaban J connectivity index is 2.21. The summed E-state index contributed by atoms with van der Waals surface area (Å²) in [5.74, 6) is -0.237. The van der Waals surface area contributed by atoms with Crippen molar-refractivity contribution >= 4 is 17.7 Å². The fourth-order valence-electron chi connectivity index (χ4n) is 2.46. The molecule has 1 aromatic rings. The largest absolute Gasteiger partial charge is 0.334 e. The van der Waals surface area contributed by atoms with Crippen LogP contribution in [0.3, 0.4) is 0 Å². The molecule has 0 radical (unpaired) electrons. The molecule has 3 nitrogen and oxygen atoms in total. The summed E-state index contributed by atoms with van der Waals surface area (Å²) in [4.78, 5) is 16.5. The molecule has 1 fully saturated rings. The Hall–Kier alpha value is -1.14. The fraction of sp³-hybridized carbons (Fsp3) is 0.533. The van der Waals surface area contributed by atoms with Gasteiger partial charge in [-0.05, 0) is 44.5 Å². The molecule has 1 aliphatic heterocycles. The van der Waals surface area contributed by atoms with Crippen LogP contribution in [0.1, 0.15) is 16.8 Å². The van der Waals surface area contributed by atoms with E-state index in [9.17, 15) is 13.6 Å². The van der Waals surface area contributed by atoms with Gasteiger partial charge in [0.25, 0.3) is 5.91 Å². The molecule has 6 heteroatoms. The van der Waals surface area contributed by atoms with Crippen LogP contribution < -0.4 is 0 Å². The first-order valence-corrected chi connectivity index (χ1v) is 8.13. The Morgan fingerprint density at radius 3 is 2.81 bits per heavy atom. The number of nitrogens with zero attached hydrogens (tertiary/aromatic N) is 2. The van der Waals surface area contributed by atoms with Crippen LogP contribution in [0, 0.1) is 11.6 Å². The molecule has 0 aliphatic carbocycles. The predicted octanol–water partition coefficient (Wildman–Crippen LogP) is 2.47. The van der Waals surface area contributed by atoms with E-state index < -0.39 is 11.6 Å². The lowest BCUT2D eigenvalue weighted by atomic mass is 10.1. The molecule has 1 atom stereocenters. The second-order valence-electron chi connectivity index (χ2n) is 5.47. The molecule has 0 spiro atoms. The molecule has 1 aliphatic rings. The molecule has 0 N–H and O–H groups in total. The first-order valence-electron chi connectivity index (χ1n) is 6.97. The first-order chi connectivity index (χ1) is 9.99. The van der Waals surface area contributed by atoms with Crippen molar-refractivity contribution in [3.8, 4) is 0 Å². The molecular formula is C15H20F2N2OS. The van der Waals surface area contributed by atoms with E-state index in [4.69, 9.17) is 0 Å². The van der Waals surface area contributed by atoms with Gasteiger partial charge in [-0.2, -0.15) is 11.8 Å². The summed E-state index contributed by atoms with van der Waals surface area (Å²) < 4.78 is 26.3. The lowest BCUT2D eigenvalue weighted by Gasteiger charge is -2.31. The van der Waals surface area contributed by atoms with Gasteiger partial charge in [0.05, 0.1) is 6.04 Å². The third-order valence-corrected chi connectivity index (χ3v) is 4.64. The Bertz CT molecular complexity index is 510. The molecule has 1 heterocycles. The number of halogens is 2. The van der Waals surface area contributed by atoms with E-state index in [-0.39, 0.29) is 17.5 Å². The number of hydrogen-bond donors (Lipinski definition) is 0. The second-order valence-corrected chi connectivity index (χ2v) is 6.62. The molecule has 1 aromatic carbocycles. The third-order valence-electron chi connectivity index (χ3n) is 3.44.